The fourth-order valence-electron chi connectivity index (χ4n) is 2.73. The van der Waals surface area contributed by atoms with Gasteiger partial charge in [-0.25, -0.2) is 0 Å². The van der Waals surface area contributed by atoms with Crippen molar-refractivity contribution >= 4 is 16.5 Å². The van der Waals surface area contributed by atoms with Crippen LogP contribution in [0.3, 0.4) is 0 Å². The van der Waals surface area contributed by atoms with Crippen LogP contribution in [0, 0.1) is 11.3 Å². The molecule has 3 rings (SSSR count). The van der Waals surface area contributed by atoms with Crippen molar-refractivity contribution in [3.63, 3.8) is 0 Å². The second-order valence-electron chi connectivity index (χ2n) is 5.27. The first-order valence-corrected chi connectivity index (χ1v) is 7.75. The molecule has 0 atom stereocenters. The van der Waals surface area contributed by atoms with E-state index in [0.717, 1.165) is 27.6 Å². The molecule has 0 aliphatic rings. The highest BCUT2D eigenvalue weighted by Gasteiger charge is 2.11. The summed E-state index contributed by atoms with van der Waals surface area (Å²) >= 11 is 0. The molecular weight excluding hydrogens is 300 g/mol. The smallest absolute Gasteiger partial charge is 0.161 e. The molecule has 0 spiro atoms. The molecule has 0 unspecified atom stereocenters. The van der Waals surface area contributed by atoms with Gasteiger partial charge < -0.3 is 14.5 Å². The summed E-state index contributed by atoms with van der Waals surface area (Å²) in [6.07, 6.45) is 3.46. The van der Waals surface area contributed by atoms with Crippen molar-refractivity contribution in [2.75, 3.05) is 13.7 Å². The van der Waals surface area contributed by atoms with Crippen LogP contribution >= 0.6 is 0 Å². The van der Waals surface area contributed by atoms with Crippen LogP contribution in [0.15, 0.2) is 54.7 Å². The van der Waals surface area contributed by atoms with Gasteiger partial charge in [0.25, 0.3) is 0 Å². The lowest BCUT2D eigenvalue weighted by atomic mass is 9.96. The number of benzene rings is 2. The van der Waals surface area contributed by atoms with Crippen LogP contribution in [0.2, 0.25) is 0 Å². The number of rotatable bonds is 5. The van der Waals surface area contributed by atoms with Gasteiger partial charge in [-0.3, -0.25) is 0 Å². The molecule has 1 aromatic heterocycles. The number of nitrogens with one attached hydrogen (secondary N) is 1. The van der Waals surface area contributed by atoms with E-state index in [1.165, 1.54) is 0 Å². The Morgan fingerprint density at radius 2 is 1.92 bits per heavy atom. The first-order chi connectivity index (χ1) is 11.8. The number of nitrogens with zero attached hydrogens (tertiary/aromatic N) is 1. The summed E-state index contributed by atoms with van der Waals surface area (Å²) in [5.74, 6) is 1.35. The van der Waals surface area contributed by atoms with Gasteiger partial charge >= 0.3 is 0 Å². The zero-order chi connectivity index (χ0) is 16.9. The maximum Gasteiger partial charge on any atom is 0.161 e. The van der Waals surface area contributed by atoms with Gasteiger partial charge in [-0.15, -0.1) is 0 Å². The van der Waals surface area contributed by atoms with E-state index in [2.05, 4.69) is 11.1 Å². The summed E-state index contributed by atoms with van der Waals surface area (Å²) in [5, 5.41) is 10.4. The highest BCUT2D eigenvalue weighted by Crippen LogP contribution is 2.33. The first-order valence-electron chi connectivity index (χ1n) is 7.75. The maximum absolute atomic E-state index is 9.22. The Bertz CT molecular complexity index is 932. The Morgan fingerprint density at radius 1 is 1.12 bits per heavy atom. The molecule has 1 N–H and O–H groups in total. The number of fused-ring (bicyclic) bond motifs is 1. The first kappa shape index (κ1) is 15.7. The summed E-state index contributed by atoms with van der Waals surface area (Å²) < 4.78 is 11.0. The quantitative estimate of drug-likeness (QED) is 0.703. The number of aromatic nitrogens is 1. The molecule has 24 heavy (non-hydrogen) atoms. The third-order valence-corrected chi connectivity index (χ3v) is 3.85. The van der Waals surface area contributed by atoms with Crippen molar-refractivity contribution in [3.8, 4) is 17.6 Å². The van der Waals surface area contributed by atoms with Gasteiger partial charge in [0.1, 0.15) is 0 Å². The second-order valence-corrected chi connectivity index (χ2v) is 5.27. The standard InChI is InChI=1S/C20H18N2O2/c1-3-24-20-13-16(6-7-19(20)23-2)17(8-10-21)15-5-4-14-9-11-22-18(14)12-15/h4-9,11-13,22H,3H2,1-2H3. The number of nitriles is 1. The van der Waals surface area contributed by atoms with Gasteiger partial charge in [0.15, 0.2) is 11.5 Å². The molecule has 0 fully saturated rings. The number of H-pyrrole nitrogens is 1. The Morgan fingerprint density at radius 3 is 2.67 bits per heavy atom. The van der Waals surface area contributed by atoms with Gasteiger partial charge in [-0.1, -0.05) is 18.2 Å². The van der Waals surface area contributed by atoms with Crippen LogP contribution in [0.1, 0.15) is 18.1 Å². The minimum absolute atomic E-state index is 0.547. The van der Waals surface area contributed by atoms with Crippen LogP contribution in [-0.2, 0) is 0 Å². The highest BCUT2D eigenvalue weighted by molar-refractivity contribution is 5.88. The fourth-order valence-corrected chi connectivity index (χ4v) is 2.73. The molecule has 1 heterocycles. The summed E-state index contributed by atoms with van der Waals surface area (Å²) in [4.78, 5) is 3.20. The lowest BCUT2D eigenvalue weighted by Crippen LogP contribution is -1.97. The molecule has 0 amide bonds. The Hall–Kier alpha value is -3.19. The van der Waals surface area contributed by atoms with Crippen LogP contribution < -0.4 is 9.47 Å². The van der Waals surface area contributed by atoms with Crippen LogP contribution in [0.25, 0.3) is 16.5 Å². The molecule has 0 saturated carbocycles. The summed E-state index contributed by atoms with van der Waals surface area (Å²) in [7, 11) is 1.61. The average molecular weight is 318 g/mol. The number of hydrogen-bond donors (Lipinski definition) is 1. The number of hydrogen-bond acceptors (Lipinski definition) is 3. The second kappa shape index (κ2) is 6.93. The van der Waals surface area contributed by atoms with Crippen LogP contribution in [-0.4, -0.2) is 18.7 Å². The summed E-state index contributed by atoms with van der Waals surface area (Å²) in [6.45, 7) is 2.48. The predicted molar refractivity (Wildman–Crippen MR) is 95.2 cm³/mol. The van der Waals surface area contributed by atoms with Crippen molar-refractivity contribution in [3.05, 3.63) is 65.9 Å². The van der Waals surface area contributed by atoms with Gasteiger partial charge in [0, 0.05) is 17.8 Å². The van der Waals surface area contributed by atoms with E-state index in [1.807, 2.05) is 55.6 Å². The highest BCUT2D eigenvalue weighted by atomic mass is 16.5. The zero-order valence-electron chi connectivity index (χ0n) is 13.7. The number of allylic oxidation sites excluding steroid dienone is 1. The van der Waals surface area contributed by atoms with Gasteiger partial charge in [-0.2, -0.15) is 5.26 Å². The van der Waals surface area contributed by atoms with Gasteiger partial charge in [0.2, 0.25) is 0 Å². The van der Waals surface area contributed by atoms with E-state index in [0.29, 0.717) is 18.1 Å². The van der Waals surface area contributed by atoms with Gasteiger partial charge in [-0.05, 0) is 53.3 Å². The van der Waals surface area contributed by atoms with Crippen molar-refractivity contribution < 1.29 is 9.47 Å². The Labute approximate surface area is 140 Å². The molecular formula is C20H18N2O2. The lowest BCUT2D eigenvalue weighted by molar-refractivity contribution is 0.311. The van der Waals surface area contributed by atoms with E-state index >= 15 is 0 Å². The zero-order valence-corrected chi connectivity index (χ0v) is 13.7. The van der Waals surface area contributed by atoms with E-state index < -0.39 is 0 Å². The third-order valence-electron chi connectivity index (χ3n) is 3.85. The lowest BCUT2D eigenvalue weighted by Gasteiger charge is -2.13. The van der Waals surface area contributed by atoms with E-state index in [-0.39, 0.29) is 0 Å². The van der Waals surface area contributed by atoms with Crippen molar-refractivity contribution in [2.45, 2.75) is 6.92 Å². The summed E-state index contributed by atoms with van der Waals surface area (Å²) in [5.41, 5.74) is 3.76. The molecule has 4 heteroatoms. The molecule has 0 bridgehead atoms. The molecule has 0 radical (unpaired) electrons. The van der Waals surface area contributed by atoms with Crippen molar-refractivity contribution in [2.24, 2.45) is 0 Å². The maximum atomic E-state index is 9.22. The van der Waals surface area contributed by atoms with Crippen molar-refractivity contribution in [1.29, 1.82) is 5.26 Å². The SMILES string of the molecule is CCOc1cc(C(=CC#N)c2ccc3cc[nH]c3c2)ccc1OC. The van der Waals surface area contributed by atoms with E-state index in [4.69, 9.17) is 9.47 Å². The molecule has 4 nitrogen and oxygen atoms in total. The normalized spacial score (nSPS) is 11.3. The Balaban J connectivity index is 2.10. The minimum Gasteiger partial charge on any atom is -0.493 e. The monoisotopic (exact) mass is 318 g/mol. The Kier molecular flexibility index (Phi) is 4.53. The number of aromatic amines is 1. The van der Waals surface area contributed by atoms with Gasteiger partial charge in [0.05, 0.1) is 19.8 Å². The molecule has 0 saturated heterocycles. The molecule has 3 aromatic rings. The van der Waals surface area contributed by atoms with E-state index in [9.17, 15) is 5.26 Å². The molecule has 120 valence electrons. The van der Waals surface area contributed by atoms with Crippen LogP contribution in [0.5, 0.6) is 11.5 Å². The molecule has 0 aliphatic heterocycles. The topological polar surface area (TPSA) is 58.0 Å². The predicted octanol–water partition coefficient (Wildman–Crippen LogP) is 4.53. The minimum atomic E-state index is 0.547. The average Bonchev–Trinajstić information content (AvgIpc) is 3.07. The number of methoxy groups -OCH3 is 1. The molecule has 0 aliphatic carbocycles. The largest absolute Gasteiger partial charge is 0.493 e. The fraction of sp³-hybridized carbons (Fsp3) is 0.150. The number of ether oxygens (including phenoxy) is 2. The molecule has 2 aromatic carbocycles. The summed E-state index contributed by atoms with van der Waals surface area (Å²) in [6, 6.07) is 16.0. The van der Waals surface area contributed by atoms with Crippen molar-refractivity contribution in [1.82, 2.24) is 4.98 Å². The van der Waals surface area contributed by atoms with E-state index in [1.54, 1.807) is 13.2 Å². The van der Waals surface area contributed by atoms with Crippen LogP contribution in [0.4, 0.5) is 0 Å². The third kappa shape index (κ3) is 2.97.